The lowest BCUT2D eigenvalue weighted by Crippen LogP contribution is -2.36. The first-order chi connectivity index (χ1) is 9.69. The Hall–Kier alpha value is -1.84. The van der Waals surface area contributed by atoms with Gasteiger partial charge in [0, 0.05) is 0 Å². The number of ether oxygens (including phenoxy) is 2. The Bertz CT molecular complexity index is 489. The summed E-state index contributed by atoms with van der Waals surface area (Å²) in [6, 6.07) is 9.51. The van der Waals surface area contributed by atoms with Gasteiger partial charge >= 0.3 is 11.9 Å². The van der Waals surface area contributed by atoms with Gasteiger partial charge in [-0.15, -0.1) is 0 Å². The van der Waals surface area contributed by atoms with Crippen molar-refractivity contribution in [1.82, 2.24) is 0 Å². The Balaban J connectivity index is 2.65. The maximum absolute atomic E-state index is 12.3. The van der Waals surface area contributed by atoms with E-state index in [9.17, 15) is 9.59 Å². The van der Waals surface area contributed by atoms with Crippen LogP contribution in [0.5, 0.6) is 0 Å². The van der Waals surface area contributed by atoms with Gasteiger partial charge < -0.3 is 9.47 Å². The fourth-order valence-corrected chi connectivity index (χ4v) is 2.44. The van der Waals surface area contributed by atoms with Crippen molar-refractivity contribution in [3.8, 4) is 0 Å². The molecule has 0 bridgehead atoms. The van der Waals surface area contributed by atoms with Crippen LogP contribution in [0.1, 0.15) is 39.7 Å². The molecule has 0 spiro atoms. The van der Waals surface area contributed by atoms with E-state index in [4.69, 9.17) is 9.47 Å². The van der Waals surface area contributed by atoms with Crippen molar-refractivity contribution in [2.75, 3.05) is 7.11 Å². The molecular weight excluding hydrogens is 268 g/mol. The third kappa shape index (κ3) is 4.88. The fraction of sp³-hybridized carbons (Fsp3) is 0.529. The van der Waals surface area contributed by atoms with Gasteiger partial charge in [-0.25, -0.2) is 0 Å². The number of hydrogen-bond acceptors (Lipinski definition) is 4. The lowest BCUT2D eigenvalue weighted by atomic mass is 9.75. The van der Waals surface area contributed by atoms with Gasteiger partial charge in [-0.2, -0.15) is 0 Å². The molecule has 1 aromatic rings. The van der Waals surface area contributed by atoms with Crippen molar-refractivity contribution >= 4 is 11.9 Å². The molecule has 0 saturated carbocycles. The van der Waals surface area contributed by atoms with E-state index in [-0.39, 0.29) is 18.5 Å². The average Bonchev–Trinajstić information content (AvgIpc) is 2.43. The van der Waals surface area contributed by atoms with Crippen LogP contribution >= 0.6 is 0 Å². The van der Waals surface area contributed by atoms with Crippen LogP contribution in [0.4, 0.5) is 0 Å². The zero-order valence-electron chi connectivity index (χ0n) is 13.4. The van der Waals surface area contributed by atoms with Crippen LogP contribution < -0.4 is 0 Å². The van der Waals surface area contributed by atoms with Crippen LogP contribution in [0.15, 0.2) is 30.3 Å². The van der Waals surface area contributed by atoms with E-state index < -0.39 is 10.8 Å². The monoisotopic (exact) mass is 292 g/mol. The molecule has 4 nitrogen and oxygen atoms in total. The van der Waals surface area contributed by atoms with Crippen molar-refractivity contribution in [3.05, 3.63) is 35.9 Å². The zero-order valence-corrected chi connectivity index (χ0v) is 13.4. The number of methoxy groups -OCH3 is 1. The molecule has 0 atom stereocenters. The van der Waals surface area contributed by atoms with E-state index >= 15 is 0 Å². The van der Waals surface area contributed by atoms with Crippen molar-refractivity contribution in [3.63, 3.8) is 0 Å². The number of esters is 2. The molecule has 0 fully saturated rings. The molecule has 0 aliphatic heterocycles. The first-order valence-electron chi connectivity index (χ1n) is 6.98. The molecule has 0 aliphatic carbocycles. The Morgan fingerprint density at radius 2 is 1.48 bits per heavy atom. The second kappa shape index (κ2) is 6.74. The third-order valence-electron chi connectivity index (χ3n) is 3.39. The first-order valence-corrected chi connectivity index (χ1v) is 6.98. The molecule has 0 saturated heterocycles. The van der Waals surface area contributed by atoms with Crippen LogP contribution in [-0.2, 0) is 25.7 Å². The highest BCUT2D eigenvalue weighted by molar-refractivity contribution is 5.80. The quantitative estimate of drug-likeness (QED) is 0.755. The van der Waals surface area contributed by atoms with Gasteiger partial charge in [0.15, 0.2) is 0 Å². The Morgan fingerprint density at radius 3 is 2.00 bits per heavy atom. The summed E-state index contributed by atoms with van der Waals surface area (Å²) in [5, 5.41) is 0. The lowest BCUT2D eigenvalue weighted by Gasteiger charge is -2.31. The molecule has 4 heteroatoms. The average molecular weight is 292 g/mol. The van der Waals surface area contributed by atoms with Gasteiger partial charge in [0.1, 0.15) is 6.61 Å². The van der Waals surface area contributed by atoms with E-state index in [1.165, 1.54) is 7.11 Å². The van der Waals surface area contributed by atoms with Gasteiger partial charge in [0.05, 0.1) is 17.9 Å². The number of benzene rings is 1. The van der Waals surface area contributed by atoms with Crippen molar-refractivity contribution < 1.29 is 19.1 Å². The summed E-state index contributed by atoms with van der Waals surface area (Å²) >= 11 is 0. The molecule has 1 rings (SSSR count). The molecule has 0 aliphatic rings. The number of carbonyl (C=O) groups excluding carboxylic acids is 2. The minimum Gasteiger partial charge on any atom is -0.469 e. The molecule has 0 aromatic heterocycles. The summed E-state index contributed by atoms with van der Waals surface area (Å²) in [5.41, 5.74) is -0.551. The van der Waals surface area contributed by atoms with Crippen LogP contribution in [0.3, 0.4) is 0 Å². The highest BCUT2D eigenvalue weighted by atomic mass is 16.5. The van der Waals surface area contributed by atoms with Crippen molar-refractivity contribution in [2.24, 2.45) is 10.8 Å². The Morgan fingerprint density at radius 1 is 0.952 bits per heavy atom. The Labute approximate surface area is 126 Å². The van der Waals surface area contributed by atoms with E-state index in [0.29, 0.717) is 6.42 Å². The van der Waals surface area contributed by atoms with Gasteiger partial charge in [0.2, 0.25) is 0 Å². The molecule has 1 aromatic carbocycles. The highest BCUT2D eigenvalue weighted by Crippen LogP contribution is 2.35. The normalized spacial score (nSPS) is 11.9. The second-order valence-corrected chi connectivity index (χ2v) is 6.50. The number of carbonyl (C=O) groups is 2. The summed E-state index contributed by atoms with van der Waals surface area (Å²) in [5.74, 6) is -0.644. The van der Waals surface area contributed by atoms with Crippen LogP contribution in [-0.4, -0.2) is 19.0 Å². The molecule has 116 valence electrons. The maximum Gasteiger partial charge on any atom is 0.311 e. The number of rotatable bonds is 6. The van der Waals surface area contributed by atoms with E-state index in [1.807, 2.05) is 30.3 Å². The van der Waals surface area contributed by atoms with E-state index in [1.54, 1.807) is 27.7 Å². The minimum atomic E-state index is -0.757. The zero-order chi connectivity index (χ0) is 16.1. The van der Waals surface area contributed by atoms with Crippen LogP contribution in [0, 0.1) is 10.8 Å². The molecule has 21 heavy (non-hydrogen) atoms. The van der Waals surface area contributed by atoms with Crippen molar-refractivity contribution in [2.45, 2.75) is 40.7 Å². The van der Waals surface area contributed by atoms with Crippen LogP contribution in [0.2, 0.25) is 0 Å². The molecular formula is C17H24O4. The van der Waals surface area contributed by atoms with Gasteiger partial charge in [0.25, 0.3) is 0 Å². The van der Waals surface area contributed by atoms with Gasteiger partial charge in [-0.1, -0.05) is 30.3 Å². The summed E-state index contributed by atoms with van der Waals surface area (Å²) in [4.78, 5) is 24.0. The largest absolute Gasteiger partial charge is 0.469 e. The standard InChI is InChI=1S/C17H24O4/c1-16(2,14(18)20-5)12-17(3,4)15(19)21-11-13-9-7-6-8-10-13/h6-10H,11-12H2,1-5H3. The maximum atomic E-state index is 12.3. The third-order valence-corrected chi connectivity index (χ3v) is 3.39. The topological polar surface area (TPSA) is 52.6 Å². The predicted molar refractivity (Wildman–Crippen MR) is 80.4 cm³/mol. The molecule has 0 N–H and O–H groups in total. The molecule has 0 heterocycles. The summed E-state index contributed by atoms with van der Waals surface area (Å²) in [7, 11) is 1.35. The highest BCUT2D eigenvalue weighted by Gasteiger charge is 2.40. The molecule has 0 amide bonds. The van der Waals surface area contributed by atoms with Gasteiger partial charge in [-0.3, -0.25) is 9.59 Å². The molecule has 0 radical (unpaired) electrons. The molecule has 0 unspecified atom stereocenters. The lowest BCUT2D eigenvalue weighted by molar-refractivity contribution is -0.161. The number of hydrogen-bond donors (Lipinski definition) is 0. The summed E-state index contributed by atoms with van der Waals surface area (Å²) in [6.45, 7) is 7.34. The second-order valence-electron chi connectivity index (χ2n) is 6.50. The summed E-state index contributed by atoms with van der Waals surface area (Å²) < 4.78 is 10.1. The SMILES string of the molecule is COC(=O)C(C)(C)CC(C)(C)C(=O)OCc1ccccc1. The fourth-order valence-electron chi connectivity index (χ4n) is 2.44. The Kier molecular flexibility index (Phi) is 5.53. The van der Waals surface area contributed by atoms with Crippen LogP contribution in [0.25, 0.3) is 0 Å². The summed E-state index contributed by atoms with van der Waals surface area (Å²) in [6.07, 6.45) is 0.361. The first kappa shape index (κ1) is 17.2. The predicted octanol–water partition coefficient (Wildman–Crippen LogP) is 3.35. The van der Waals surface area contributed by atoms with Crippen molar-refractivity contribution in [1.29, 1.82) is 0 Å². The smallest absolute Gasteiger partial charge is 0.311 e. The minimum absolute atomic E-state index is 0.238. The van der Waals surface area contributed by atoms with E-state index in [0.717, 1.165) is 5.56 Å². The van der Waals surface area contributed by atoms with E-state index in [2.05, 4.69) is 0 Å². The van der Waals surface area contributed by atoms with Gasteiger partial charge in [-0.05, 0) is 39.7 Å².